The van der Waals surface area contributed by atoms with Gasteiger partial charge in [0.25, 0.3) is 0 Å². The Morgan fingerprint density at radius 2 is 1.35 bits per heavy atom. The van der Waals surface area contributed by atoms with Crippen molar-refractivity contribution in [3.05, 3.63) is 0 Å². The molecule has 0 aliphatic carbocycles. The van der Waals surface area contributed by atoms with Crippen LogP contribution >= 0.6 is 0 Å². The van der Waals surface area contributed by atoms with Crippen molar-refractivity contribution in [3.63, 3.8) is 0 Å². The number of carbonyl (C=O) groups is 2. The molecule has 5 heteroatoms. The zero-order valence-electron chi connectivity index (χ0n) is 15.7. The third kappa shape index (κ3) is 13.5. The van der Waals surface area contributed by atoms with E-state index in [1.165, 1.54) is 38.5 Å². The fourth-order valence-electron chi connectivity index (χ4n) is 2.83. The Kier molecular flexibility index (Phi) is 19.5. The molecule has 0 bridgehead atoms. The zero-order valence-corrected chi connectivity index (χ0v) is 18.9. The predicted octanol–water partition coefficient (Wildman–Crippen LogP) is 0.146. The van der Waals surface area contributed by atoms with E-state index in [9.17, 15) is 14.7 Å². The van der Waals surface area contributed by atoms with E-state index in [4.69, 9.17) is 0 Å². The molecule has 1 atom stereocenters. The van der Waals surface area contributed by atoms with Crippen LogP contribution in [0.5, 0.6) is 0 Å². The normalized spacial score (nSPS) is 11.6. The Morgan fingerprint density at radius 1 is 0.870 bits per heavy atom. The predicted molar refractivity (Wildman–Crippen MR) is 88.3 cm³/mol. The molecule has 0 fully saturated rings. The molecule has 0 aliphatic heterocycles. The summed E-state index contributed by atoms with van der Waals surface area (Å²) in [5.74, 6) is -1.56. The molecular weight excluding hydrogens is 317 g/mol. The Labute approximate surface area is 185 Å². The van der Waals surface area contributed by atoms with Crippen LogP contribution in [0.1, 0.15) is 85.0 Å². The summed E-state index contributed by atoms with van der Waals surface area (Å²) < 4.78 is 0. The molecule has 0 radical (unpaired) electrons. The second-order valence-electron chi connectivity index (χ2n) is 6.05. The molecule has 130 valence electrons. The maximum absolute atomic E-state index is 12.3. The molecule has 0 N–H and O–H groups in total. The van der Waals surface area contributed by atoms with Crippen LogP contribution < -0.4 is 56.5 Å². The van der Waals surface area contributed by atoms with E-state index in [0.29, 0.717) is 19.5 Å². The molecule has 0 aromatic heterocycles. The van der Waals surface area contributed by atoms with Gasteiger partial charge < -0.3 is 14.8 Å². The first-order chi connectivity index (χ1) is 10.6. The first kappa shape index (κ1) is 25.8. The molecule has 4 nitrogen and oxygen atoms in total. The second kappa shape index (κ2) is 17.4. The van der Waals surface area contributed by atoms with Crippen LogP contribution in [0.15, 0.2) is 0 Å². The molecule has 0 heterocycles. The third-order valence-electron chi connectivity index (χ3n) is 4.24. The van der Waals surface area contributed by atoms with E-state index >= 15 is 0 Å². The van der Waals surface area contributed by atoms with Gasteiger partial charge in [-0.25, -0.2) is 0 Å². The van der Waals surface area contributed by atoms with Gasteiger partial charge in [0.05, 0.1) is 0 Å². The third-order valence-corrected chi connectivity index (χ3v) is 4.24. The Bertz CT molecular complexity index is 307. The first-order valence-corrected chi connectivity index (χ1v) is 9.05. The summed E-state index contributed by atoms with van der Waals surface area (Å²) in [6, 6.07) is 0. The van der Waals surface area contributed by atoms with Crippen LogP contribution in [-0.2, 0) is 9.59 Å². The van der Waals surface area contributed by atoms with Crippen molar-refractivity contribution in [2.75, 3.05) is 13.1 Å². The molecule has 0 spiro atoms. The summed E-state index contributed by atoms with van der Waals surface area (Å²) in [6.07, 6.45) is 10.1. The monoisotopic (exact) mass is 351 g/mol. The Hall–Kier alpha value is 0.576. The van der Waals surface area contributed by atoms with Crippen LogP contribution in [0.4, 0.5) is 0 Å². The number of unbranched alkanes of at least 4 members (excludes halogenated alkanes) is 7. The van der Waals surface area contributed by atoms with Gasteiger partial charge in [0, 0.05) is 25.0 Å². The minimum absolute atomic E-state index is 0. The van der Waals surface area contributed by atoms with Crippen LogP contribution in [-0.4, -0.2) is 29.9 Å². The van der Waals surface area contributed by atoms with Crippen molar-refractivity contribution < 1.29 is 66.1 Å². The van der Waals surface area contributed by atoms with Crippen molar-refractivity contribution in [1.29, 1.82) is 0 Å². The van der Waals surface area contributed by atoms with E-state index in [0.717, 1.165) is 12.8 Å². The number of nitrogens with zero attached hydrogens (tertiary/aromatic N) is 1. The SMILES string of the molecule is CCCCCCCCCCC(CC(=O)[O-])C(=O)N(CC)CC.[K+]. The van der Waals surface area contributed by atoms with E-state index in [1.54, 1.807) is 4.90 Å². The van der Waals surface area contributed by atoms with Gasteiger partial charge in [0.2, 0.25) is 5.91 Å². The minimum atomic E-state index is -1.12. The van der Waals surface area contributed by atoms with Crippen molar-refractivity contribution in [1.82, 2.24) is 4.90 Å². The number of hydrogen-bond acceptors (Lipinski definition) is 3. The van der Waals surface area contributed by atoms with Crippen molar-refractivity contribution >= 4 is 11.9 Å². The summed E-state index contributed by atoms with van der Waals surface area (Å²) in [5.41, 5.74) is 0. The molecule has 0 rings (SSSR count). The minimum Gasteiger partial charge on any atom is -0.550 e. The number of amides is 1. The van der Waals surface area contributed by atoms with Gasteiger partial charge >= 0.3 is 51.4 Å². The summed E-state index contributed by atoms with van der Waals surface area (Å²) in [6.45, 7) is 7.33. The van der Waals surface area contributed by atoms with Gasteiger partial charge in [-0.05, 0) is 26.7 Å². The van der Waals surface area contributed by atoms with Gasteiger partial charge in [-0.15, -0.1) is 0 Å². The average molecular weight is 352 g/mol. The topological polar surface area (TPSA) is 60.4 Å². The smallest absolute Gasteiger partial charge is 0.550 e. The largest absolute Gasteiger partial charge is 1.00 e. The number of carbonyl (C=O) groups excluding carboxylic acids is 2. The number of carboxylic acids is 1. The molecular formula is C18H34KNO3. The number of aliphatic carboxylic acids is 1. The van der Waals surface area contributed by atoms with Crippen molar-refractivity contribution in [3.8, 4) is 0 Å². The van der Waals surface area contributed by atoms with E-state index in [2.05, 4.69) is 6.92 Å². The van der Waals surface area contributed by atoms with Crippen LogP contribution in [0.2, 0.25) is 0 Å². The maximum Gasteiger partial charge on any atom is 1.00 e. The quantitative estimate of drug-likeness (QED) is 0.330. The molecule has 1 unspecified atom stereocenters. The zero-order chi connectivity index (χ0) is 16.8. The standard InChI is InChI=1S/C18H35NO3.K/c1-4-7-8-9-10-11-12-13-14-16(15-17(20)21)18(22)19(5-2)6-3;/h16H,4-15H2,1-3H3,(H,20,21);/q;+1/p-1. The van der Waals surface area contributed by atoms with Crippen LogP contribution in [0.3, 0.4) is 0 Å². The van der Waals surface area contributed by atoms with Crippen molar-refractivity contribution in [2.45, 2.75) is 85.0 Å². The van der Waals surface area contributed by atoms with Crippen LogP contribution in [0, 0.1) is 5.92 Å². The maximum atomic E-state index is 12.3. The van der Waals surface area contributed by atoms with Crippen molar-refractivity contribution in [2.24, 2.45) is 5.92 Å². The average Bonchev–Trinajstić information content (AvgIpc) is 2.49. The molecule has 1 amide bonds. The first-order valence-electron chi connectivity index (χ1n) is 9.05. The number of rotatable bonds is 14. The number of hydrogen-bond donors (Lipinski definition) is 0. The van der Waals surface area contributed by atoms with Gasteiger partial charge in [0.1, 0.15) is 0 Å². The fourth-order valence-corrected chi connectivity index (χ4v) is 2.83. The van der Waals surface area contributed by atoms with Gasteiger partial charge in [-0.1, -0.05) is 58.3 Å². The van der Waals surface area contributed by atoms with Gasteiger partial charge in [0.15, 0.2) is 0 Å². The fraction of sp³-hybridized carbons (Fsp3) is 0.889. The van der Waals surface area contributed by atoms with Gasteiger partial charge in [-0.2, -0.15) is 0 Å². The van der Waals surface area contributed by atoms with E-state index < -0.39 is 11.9 Å². The number of carboxylic acid groups (broad SMARTS) is 1. The van der Waals surface area contributed by atoms with Crippen LogP contribution in [0.25, 0.3) is 0 Å². The second-order valence-corrected chi connectivity index (χ2v) is 6.05. The molecule has 23 heavy (non-hydrogen) atoms. The molecule has 0 saturated carbocycles. The summed E-state index contributed by atoms with van der Waals surface area (Å²) in [7, 11) is 0. The summed E-state index contributed by atoms with van der Waals surface area (Å²) >= 11 is 0. The van der Waals surface area contributed by atoms with E-state index in [1.807, 2.05) is 13.8 Å². The molecule has 0 saturated heterocycles. The Balaban J connectivity index is 0. The summed E-state index contributed by atoms with van der Waals surface area (Å²) in [5, 5.41) is 10.9. The molecule has 0 aromatic rings. The molecule has 0 aromatic carbocycles. The Morgan fingerprint density at radius 3 is 1.78 bits per heavy atom. The van der Waals surface area contributed by atoms with E-state index in [-0.39, 0.29) is 63.7 Å². The molecule has 0 aliphatic rings. The van der Waals surface area contributed by atoms with Gasteiger partial charge in [-0.3, -0.25) is 4.79 Å². The summed E-state index contributed by atoms with van der Waals surface area (Å²) in [4.78, 5) is 24.9.